The molecule has 3 N–H and O–H groups in total. The van der Waals surface area contributed by atoms with Crippen LogP contribution < -0.4 is 11.3 Å². The molecule has 0 radical (unpaired) electrons. The Morgan fingerprint density at radius 2 is 2.33 bits per heavy atom. The number of hydrogen-bond acceptors (Lipinski definition) is 5. The van der Waals surface area contributed by atoms with Crippen molar-refractivity contribution in [2.45, 2.75) is 51.7 Å². The fourth-order valence-corrected chi connectivity index (χ4v) is 2.80. The van der Waals surface area contributed by atoms with Crippen molar-refractivity contribution in [2.24, 2.45) is 11.8 Å². The van der Waals surface area contributed by atoms with Crippen LogP contribution in [0.2, 0.25) is 0 Å². The van der Waals surface area contributed by atoms with Crippen molar-refractivity contribution in [1.82, 2.24) is 10.3 Å². The molecule has 120 valence electrons. The van der Waals surface area contributed by atoms with Crippen LogP contribution in [0.3, 0.4) is 0 Å². The lowest BCUT2D eigenvalue weighted by Crippen LogP contribution is -2.45. The Morgan fingerprint density at radius 1 is 1.57 bits per heavy atom. The number of likely N-dealkylation sites (tertiary alicyclic amines) is 1. The standard InChI is InChI=1S/C15H27N3O3/c1-15(2,3)21-14(19)18-8-7-11(10-18)13(17-16)12-6-4-5-9-20-12/h6,11,13,17H,4-5,7-10,16H2,1-3H3. The first-order valence-electron chi connectivity index (χ1n) is 7.67. The van der Waals surface area contributed by atoms with Crippen molar-refractivity contribution in [1.29, 1.82) is 0 Å². The molecule has 2 aliphatic rings. The summed E-state index contributed by atoms with van der Waals surface area (Å²) in [6.45, 7) is 7.72. The highest BCUT2D eigenvalue weighted by molar-refractivity contribution is 5.68. The predicted molar refractivity (Wildman–Crippen MR) is 80.3 cm³/mol. The molecule has 0 spiro atoms. The number of carbonyl (C=O) groups excluding carboxylic acids is 1. The molecule has 6 nitrogen and oxygen atoms in total. The quantitative estimate of drug-likeness (QED) is 0.613. The maximum Gasteiger partial charge on any atom is 0.410 e. The summed E-state index contributed by atoms with van der Waals surface area (Å²) in [4.78, 5) is 13.9. The number of hydrogen-bond donors (Lipinski definition) is 2. The molecule has 2 aliphatic heterocycles. The van der Waals surface area contributed by atoms with Gasteiger partial charge in [0.15, 0.2) is 0 Å². The molecular formula is C15H27N3O3. The van der Waals surface area contributed by atoms with Crippen molar-refractivity contribution in [3.05, 3.63) is 11.8 Å². The van der Waals surface area contributed by atoms with E-state index in [0.717, 1.165) is 31.6 Å². The molecule has 6 heteroatoms. The van der Waals surface area contributed by atoms with Crippen LogP contribution in [-0.2, 0) is 9.47 Å². The van der Waals surface area contributed by atoms with Crippen LogP contribution in [0.25, 0.3) is 0 Å². The molecule has 0 aliphatic carbocycles. The number of rotatable bonds is 3. The van der Waals surface area contributed by atoms with E-state index in [1.807, 2.05) is 20.8 Å². The third kappa shape index (κ3) is 4.35. The first kappa shape index (κ1) is 16.1. The molecule has 0 aromatic carbocycles. The summed E-state index contributed by atoms with van der Waals surface area (Å²) in [6, 6.07) is -0.0299. The number of nitrogens with zero attached hydrogens (tertiary/aromatic N) is 1. The van der Waals surface area contributed by atoms with E-state index in [-0.39, 0.29) is 18.1 Å². The van der Waals surface area contributed by atoms with E-state index in [2.05, 4.69) is 11.5 Å². The molecule has 0 aromatic heterocycles. The molecule has 2 unspecified atom stereocenters. The van der Waals surface area contributed by atoms with Gasteiger partial charge in [-0.1, -0.05) is 0 Å². The van der Waals surface area contributed by atoms with Gasteiger partial charge in [-0.3, -0.25) is 5.84 Å². The Morgan fingerprint density at radius 3 is 2.90 bits per heavy atom. The Hall–Kier alpha value is -1.27. The summed E-state index contributed by atoms with van der Waals surface area (Å²) in [5.74, 6) is 6.87. The number of allylic oxidation sites excluding steroid dienone is 1. The van der Waals surface area contributed by atoms with Gasteiger partial charge < -0.3 is 14.4 Å². The minimum atomic E-state index is -0.463. The summed E-state index contributed by atoms with van der Waals surface area (Å²) in [5, 5.41) is 0. The number of ether oxygens (including phenoxy) is 2. The molecule has 1 amide bonds. The van der Waals surface area contributed by atoms with Gasteiger partial charge in [0, 0.05) is 19.0 Å². The number of hydrazine groups is 1. The second kappa shape index (κ2) is 6.66. The van der Waals surface area contributed by atoms with Crippen LogP contribution >= 0.6 is 0 Å². The van der Waals surface area contributed by atoms with Gasteiger partial charge in [-0.15, -0.1) is 0 Å². The van der Waals surface area contributed by atoms with Crippen LogP contribution in [0.1, 0.15) is 40.0 Å². The molecule has 2 rings (SSSR count). The van der Waals surface area contributed by atoms with Crippen molar-refractivity contribution in [3.8, 4) is 0 Å². The number of amides is 1. The highest BCUT2D eigenvalue weighted by atomic mass is 16.6. The van der Waals surface area contributed by atoms with Gasteiger partial charge in [0.25, 0.3) is 0 Å². The summed E-state index contributed by atoms with van der Waals surface area (Å²) >= 11 is 0. The van der Waals surface area contributed by atoms with Crippen molar-refractivity contribution in [3.63, 3.8) is 0 Å². The molecule has 1 saturated heterocycles. The molecule has 2 heterocycles. The van der Waals surface area contributed by atoms with Gasteiger partial charge in [0.2, 0.25) is 0 Å². The zero-order valence-electron chi connectivity index (χ0n) is 13.2. The zero-order chi connectivity index (χ0) is 15.5. The van der Waals surface area contributed by atoms with Gasteiger partial charge in [0.1, 0.15) is 11.4 Å². The van der Waals surface area contributed by atoms with Gasteiger partial charge >= 0.3 is 6.09 Å². The maximum atomic E-state index is 12.1. The molecule has 21 heavy (non-hydrogen) atoms. The monoisotopic (exact) mass is 297 g/mol. The third-order valence-electron chi connectivity index (χ3n) is 3.80. The SMILES string of the molecule is CC(C)(C)OC(=O)N1CCC(C(NN)C2=CCCCO2)C1. The summed E-state index contributed by atoms with van der Waals surface area (Å²) in [6.07, 6.45) is 4.82. The average Bonchev–Trinajstić information content (AvgIpc) is 2.89. The molecule has 1 fully saturated rings. The number of nitrogens with one attached hydrogen (secondary N) is 1. The minimum absolute atomic E-state index is 0.0299. The van der Waals surface area contributed by atoms with Gasteiger partial charge in [0.05, 0.1) is 12.6 Å². The second-order valence-corrected chi connectivity index (χ2v) is 6.72. The van der Waals surface area contributed by atoms with Crippen LogP contribution in [0.4, 0.5) is 4.79 Å². The normalized spacial score (nSPS) is 24.3. The Labute approximate surface area is 126 Å². The van der Waals surface area contributed by atoms with Gasteiger partial charge in [-0.25, -0.2) is 10.2 Å². The Balaban J connectivity index is 1.94. The van der Waals surface area contributed by atoms with Crippen molar-refractivity contribution < 1.29 is 14.3 Å². The van der Waals surface area contributed by atoms with Crippen molar-refractivity contribution in [2.75, 3.05) is 19.7 Å². The fourth-order valence-electron chi connectivity index (χ4n) is 2.80. The lowest BCUT2D eigenvalue weighted by molar-refractivity contribution is 0.0283. The third-order valence-corrected chi connectivity index (χ3v) is 3.80. The highest BCUT2D eigenvalue weighted by Crippen LogP contribution is 2.27. The van der Waals surface area contributed by atoms with Crippen molar-refractivity contribution >= 4 is 6.09 Å². The molecule has 0 saturated carbocycles. The largest absolute Gasteiger partial charge is 0.497 e. The summed E-state index contributed by atoms with van der Waals surface area (Å²) in [7, 11) is 0. The van der Waals surface area contributed by atoms with Crippen LogP contribution in [0, 0.1) is 5.92 Å². The summed E-state index contributed by atoms with van der Waals surface area (Å²) < 4.78 is 11.1. The van der Waals surface area contributed by atoms with Gasteiger partial charge in [-0.2, -0.15) is 0 Å². The van der Waals surface area contributed by atoms with E-state index in [4.69, 9.17) is 15.3 Å². The van der Waals surface area contributed by atoms with E-state index < -0.39 is 5.60 Å². The lowest BCUT2D eigenvalue weighted by atomic mass is 9.96. The molecule has 2 atom stereocenters. The summed E-state index contributed by atoms with van der Waals surface area (Å²) in [5.41, 5.74) is 2.39. The van der Waals surface area contributed by atoms with Crippen LogP contribution in [0.5, 0.6) is 0 Å². The van der Waals surface area contributed by atoms with E-state index in [1.54, 1.807) is 4.90 Å². The maximum absolute atomic E-state index is 12.1. The van der Waals surface area contributed by atoms with E-state index in [9.17, 15) is 4.79 Å². The topological polar surface area (TPSA) is 76.8 Å². The molecule has 0 bridgehead atoms. The van der Waals surface area contributed by atoms with E-state index in [0.29, 0.717) is 13.1 Å². The minimum Gasteiger partial charge on any atom is -0.497 e. The van der Waals surface area contributed by atoms with E-state index in [1.165, 1.54) is 0 Å². The number of carbonyl (C=O) groups is 1. The Kier molecular flexibility index (Phi) is 5.11. The smallest absolute Gasteiger partial charge is 0.410 e. The first-order valence-corrected chi connectivity index (χ1v) is 7.67. The highest BCUT2D eigenvalue weighted by Gasteiger charge is 2.36. The number of nitrogens with two attached hydrogens (primary N) is 1. The fraction of sp³-hybridized carbons (Fsp3) is 0.800. The second-order valence-electron chi connectivity index (χ2n) is 6.72. The van der Waals surface area contributed by atoms with Crippen LogP contribution in [0.15, 0.2) is 11.8 Å². The Bertz CT molecular complexity index is 403. The lowest BCUT2D eigenvalue weighted by Gasteiger charge is -2.28. The average molecular weight is 297 g/mol. The molecular weight excluding hydrogens is 270 g/mol. The first-order chi connectivity index (χ1) is 9.90. The van der Waals surface area contributed by atoms with E-state index >= 15 is 0 Å². The zero-order valence-corrected chi connectivity index (χ0v) is 13.2. The predicted octanol–water partition coefficient (Wildman–Crippen LogP) is 1.77. The van der Waals surface area contributed by atoms with Crippen LogP contribution in [-0.4, -0.2) is 42.3 Å². The van der Waals surface area contributed by atoms with Gasteiger partial charge in [-0.05, 0) is 46.1 Å². The molecule has 0 aromatic rings.